The fraction of sp³-hybridized carbons (Fsp3) is 0.767. The fourth-order valence-corrected chi connectivity index (χ4v) is 9.50. The number of hydrogen-bond acceptors (Lipinski definition) is 4. The maximum absolute atomic E-state index is 10.5. The van der Waals surface area contributed by atoms with E-state index in [0.29, 0.717) is 6.04 Å². The van der Waals surface area contributed by atoms with Crippen LogP contribution in [0.5, 0.6) is 0 Å². The molecule has 194 valence electrons. The normalized spacial score (nSPS) is 37.8. The van der Waals surface area contributed by atoms with Gasteiger partial charge in [0.25, 0.3) is 0 Å². The van der Waals surface area contributed by atoms with E-state index in [1.165, 1.54) is 88.4 Å². The first kappa shape index (κ1) is 23.7. The minimum atomic E-state index is -0.415. The maximum Gasteiger partial charge on any atom is 0.377 e. The molecule has 4 heterocycles. The Morgan fingerprint density at radius 2 is 1.50 bits per heavy atom. The summed E-state index contributed by atoms with van der Waals surface area (Å²) in [5.41, 5.74) is 2.44. The first-order valence-corrected chi connectivity index (χ1v) is 15.3. The van der Waals surface area contributed by atoms with E-state index >= 15 is 0 Å². The van der Waals surface area contributed by atoms with Gasteiger partial charge in [0, 0.05) is 24.2 Å². The van der Waals surface area contributed by atoms with Crippen molar-refractivity contribution in [3.8, 4) is 0 Å². The van der Waals surface area contributed by atoms with Gasteiger partial charge >= 0.3 is 7.05 Å². The van der Waals surface area contributed by atoms with Gasteiger partial charge in [-0.1, -0.05) is 44.2 Å². The number of imidazole rings is 1. The Kier molecular flexibility index (Phi) is 6.42. The highest BCUT2D eigenvalue weighted by Gasteiger charge is 2.46. The first-order valence-electron chi connectivity index (χ1n) is 15.3. The highest BCUT2D eigenvalue weighted by Crippen LogP contribution is 2.48. The zero-order valence-electron chi connectivity index (χ0n) is 22.3. The first-order chi connectivity index (χ1) is 17.7. The second kappa shape index (κ2) is 9.74. The molecule has 2 aliphatic carbocycles. The summed E-state index contributed by atoms with van der Waals surface area (Å²) in [7, 11) is -0.415. The topological polar surface area (TPSA) is 44.5 Å². The number of piperidine rings is 2. The second-order valence-corrected chi connectivity index (χ2v) is 13.0. The summed E-state index contributed by atoms with van der Waals surface area (Å²) in [5, 5.41) is 10.5. The number of rotatable bonds is 4. The molecule has 0 unspecified atom stereocenters. The van der Waals surface area contributed by atoms with Gasteiger partial charge in [-0.05, 0) is 95.1 Å². The average Bonchev–Trinajstić information content (AvgIpc) is 3.47. The van der Waals surface area contributed by atoms with Crippen molar-refractivity contribution in [1.29, 1.82) is 0 Å². The molecule has 5 aliphatic rings. The molecule has 36 heavy (non-hydrogen) atoms. The summed E-state index contributed by atoms with van der Waals surface area (Å²) in [4.78, 5) is 10.6. The third kappa shape index (κ3) is 4.16. The van der Waals surface area contributed by atoms with E-state index in [9.17, 15) is 5.02 Å². The Balaban J connectivity index is 1.20. The summed E-state index contributed by atoms with van der Waals surface area (Å²) in [6.07, 6.45) is 19.4. The molecule has 3 saturated heterocycles. The Morgan fingerprint density at radius 1 is 0.778 bits per heavy atom. The van der Waals surface area contributed by atoms with Crippen LogP contribution in [-0.2, 0) is 0 Å². The number of nitrogens with zero attached hydrogens (tertiary/aromatic N) is 4. The molecule has 7 atom stereocenters. The predicted molar refractivity (Wildman–Crippen MR) is 147 cm³/mol. The summed E-state index contributed by atoms with van der Waals surface area (Å²) in [6, 6.07) is 11.9. The molecule has 1 aromatic carbocycles. The van der Waals surface area contributed by atoms with Crippen LogP contribution in [0.4, 0.5) is 0 Å². The van der Waals surface area contributed by atoms with Crippen molar-refractivity contribution in [1.82, 2.24) is 19.3 Å². The molecule has 4 bridgehead atoms. The zero-order valence-corrected chi connectivity index (χ0v) is 22.3. The minimum Gasteiger partial charge on any atom is -0.437 e. The van der Waals surface area contributed by atoms with E-state index in [-0.39, 0.29) is 6.04 Å². The van der Waals surface area contributed by atoms with Gasteiger partial charge < -0.3 is 14.4 Å². The van der Waals surface area contributed by atoms with Crippen molar-refractivity contribution in [2.24, 2.45) is 11.8 Å². The lowest BCUT2D eigenvalue weighted by Crippen LogP contribution is -2.58. The van der Waals surface area contributed by atoms with Gasteiger partial charge in [0.2, 0.25) is 0 Å². The van der Waals surface area contributed by atoms with E-state index in [2.05, 4.69) is 38.5 Å². The van der Waals surface area contributed by atoms with E-state index in [1.807, 2.05) is 6.82 Å². The maximum atomic E-state index is 10.5. The van der Waals surface area contributed by atoms with Crippen molar-refractivity contribution >= 4 is 18.1 Å². The number of benzene rings is 1. The van der Waals surface area contributed by atoms with Gasteiger partial charge in [0.05, 0.1) is 17.1 Å². The number of hydrogen-bond donors (Lipinski definition) is 1. The molecule has 0 spiro atoms. The van der Waals surface area contributed by atoms with Crippen molar-refractivity contribution < 1.29 is 5.02 Å². The standard InChI is InChI=1S/C30H45BN4O/c1-31(36)33-15-7-14-29(33)30-32-27-12-4-5-13-28(27)35(30)26-19-23-10-6-11-24(20-26)34(23)25-17-21-8-2-3-9-22(16-21)18-25/h4-5,12-13,21-26,29,36H,2-3,6-11,14-20H2,1H3/t21-,22+,23-,24+,25-,26+,29-/m0/s1. The predicted octanol–water partition coefficient (Wildman–Crippen LogP) is 6.20. The van der Waals surface area contributed by atoms with Crippen molar-refractivity contribution in [3.63, 3.8) is 0 Å². The molecular formula is C30H45BN4O. The third-order valence-electron chi connectivity index (χ3n) is 10.8. The zero-order chi connectivity index (χ0) is 24.2. The lowest BCUT2D eigenvalue weighted by atomic mass is 9.73. The molecule has 1 aromatic heterocycles. The van der Waals surface area contributed by atoms with Crippen molar-refractivity contribution in [2.75, 3.05) is 6.54 Å². The van der Waals surface area contributed by atoms with Crippen molar-refractivity contribution in [2.45, 2.75) is 127 Å². The molecule has 3 aliphatic heterocycles. The van der Waals surface area contributed by atoms with E-state index < -0.39 is 7.05 Å². The highest BCUT2D eigenvalue weighted by atomic mass is 16.2. The van der Waals surface area contributed by atoms with Gasteiger partial charge in [0.1, 0.15) is 5.82 Å². The molecule has 0 radical (unpaired) electrons. The largest absolute Gasteiger partial charge is 0.437 e. The second-order valence-electron chi connectivity index (χ2n) is 13.0. The van der Waals surface area contributed by atoms with Gasteiger partial charge in [-0.2, -0.15) is 0 Å². The van der Waals surface area contributed by atoms with E-state index in [1.54, 1.807) is 0 Å². The quantitative estimate of drug-likeness (QED) is 0.521. The molecule has 0 amide bonds. The van der Waals surface area contributed by atoms with Gasteiger partial charge in [-0.25, -0.2) is 4.98 Å². The highest BCUT2D eigenvalue weighted by molar-refractivity contribution is 6.45. The molecule has 2 saturated carbocycles. The smallest absolute Gasteiger partial charge is 0.377 e. The van der Waals surface area contributed by atoms with Crippen LogP contribution in [0, 0.1) is 11.8 Å². The molecule has 2 aromatic rings. The lowest BCUT2D eigenvalue weighted by Gasteiger charge is -2.55. The Hall–Kier alpha value is -1.37. The molecule has 6 heteroatoms. The number of para-hydroxylation sites is 2. The van der Waals surface area contributed by atoms with Gasteiger partial charge in [-0.3, -0.25) is 4.90 Å². The van der Waals surface area contributed by atoms with Crippen LogP contribution in [-0.4, -0.2) is 56.0 Å². The molecule has 5 nitrogen and oxygen atoms in total. The monoisotopic (exact) mass is 488 g/mol. The van der Waals surface area contributed by atoms with Crippen LogP contribution in [0.3, 0.4) is 0 Å². The van der Waals surface area contributed by atoms with Crippen LogP contribution in [0.25, 0.3) is 11.0 Å². The number of aromatic nitrogens is 2. The fourth-order valence-electron chi connectivity index (χ4n) is 9.50. The lowest BCUT2D eigenvalue weighted by molar-refractivity contribution is -0.0422. The summed E-state index contributed by atoms with van der Waals surface area (Å²) in [6.45, 7) is 2.90. The van der Waals surface area contributed by atoms with E-state index in [0.717, 1.165) is 54.9 Å². The van der Waals surface area contributed by atoms with Crippen LogP contribution in [0.2, 0.25) is 6.82 Å². The molecule has 5 fully saturated rings. The van der Waals surface area contributed by atoms with Crippen molar-refractivity contribution in [3.05, 3.63) is 30.1 Å². The third-order valence-corrected chi connectivity index (χ3v) is 10.8. The van der Waals surface area contributed by atoms with Crippen LogP contribution in [0.15, 0.2) is 24.3 Å². The van der Waals surface area contributed by atoms with Crippen LogP contribution < -0.4 is 0 Å². The Labute approximate surface area is 217 Å². The summed E-state index contributed by atoms with van der Waals surface area (Å²) < 4.78 is 2.66. The molecule has 7 rings (SSSR count). The average molecular weight is 489 g/mol. The molecular weight excluding hydrogens is 443 g/mol. The molecule has 1 N–H and O–H groups in total. The summed E-state index contributed by atoms with van der Waals surface area (Å²) >= 11 is 0. The van der Waals surface area contributed by atoms with Crippen LogP contribution >= 0.6 is 0 Å². The Morgan fingerprint density at radius 3 is 2.22 bits per heavy atom. The van der Waals surface area contributed by atoms with Gasteiger partial charge in [0.15, 0.2) is 0 Å². The number of fused-ring (bicyclic) bond motifs is 5. The summed E-state index contributed by atoms with van der Waals surface area (Å²) in [5.74, 6) is 3.20. The Bertz CT molecular complexity index is 1040. The van der Waals surface area contributed by atoms with Gasteiger partial charge in [-0.15, -0.1) is 0 Å². The SMILES string of the molecule is CB(O)N1CCC[C@H]1c1nc2ccccc2n1[C@H]1C[C@H]2CCC[C@@H](C1)N2[C@@H]1C[C@@H]2CCCC[C@@H](C2)C1. The minimum absolute atomic E-state index is 0.233. The van der Waals surface area contributed by atoms with Crippen LogP contribution in [0.1, 0.15) is 108 Å². The van der Waals surface area contributed by atoms with E-state index in [4.69, 9.17) is 4.98 Å².